The minimum atomic E-state index is -1.05. The summed E-state index contributed by atoms with van der Waals surface area (Å²) in [6.07, 6.45) is -0.104. The van der Waals surface area contributed by atoms with E-state index >= 15 is 0 Å². The number of aliphatic hydroxyl groups is 2. The van der Waals surface area contributed by atoms with E-state index in [2.05, 4.69) is 4.90 Å². The van der Waals surface area contributed by atoms with Crippen molar-refractivity contribution in [2.45, 2.75) is 32.0 Å². The zero-order valence-corrected chi connectivity index (χ0v) is 12.4. The second-order valence-electron chi connectivity index (χ2n) is 5.91. The van der Waals surface area contributed by atoms with Gasteiger partial charge in [0.2, 0.25) is 5.91 Å². The van der Waals surface area contributed by atoms with Gasteiger partial charge in [0.1, 0.15) is 6.10 Å². The number of nitrogens with two attached hydrogens (primary N) is 1. The van der Waals surface area contributed by atoms with Crippen molar-refractivity contribution in [2.24, 2.45) is 11.7 Å². The van der Waals surface area contributed by atoms with Crippen LogP contribution in [0.25, 0.3) is 0 Å². The summed E-state index contributed by atoms with van der Waals surface area (Å²) in [5.74, 6) is -0.705. The minimum Gasteiger partial charge on any atom is -0.387 e. The van der Waals surface area contributed by atoms with Crippen LogP contribution in [0.3, 0.4) is 0 Å². The molecule has 0 aromatic heterocycles. The van der Waals surface area contributed by atoms with E-state index in [0.29, 0.717) is 6.54 Å². The molecule has 5 heteroatoms. The quantitative estimate of drug-likeness (QED) is 0.741. The number of β-amino-alcohol motifs (C(OH)–C–C–N with tert-alkyl or cyclic N) is 1. The van der Waals surface area contributed by atoms with Crippen molar-refractivity contribution in [3.05, 3.63) is 35.4 Å². The summed E-state index contributed by atoms with van der Waals surface area (Å²) in [5.41, 5.74) is 7.22. The van der Waals surface area contributed by atoms with Crippen molar-refractivity contribution in [3.8, 4) is 0 Å². The minimum absolute atomic E-state index is 0.0599. The molecule has 0 radical (unpaired) electrons. The normalized spacial score (nSPS) is 20.1. The van der Waals surface area contributed by atoms with Crippen molar-refractivity contribution in [3.63, 3.8) is 0 Å². The summed E-state index contributed by atoms with van der Waals surface area (Å²) in [6, 6.07) is 7.88. The Morgan fingerprint density at radius 3 is 2.38 bits per heavy atom. The van der Waals surface area contributed by atoms with Crippen LogP contribution < -0.4 is 5.73 Å². The van der Waals surface area contributed by atoms with E-state index in [1.807, 2.05) is 31.2 Å². The summed E-state index contributed by atoms with van der Waals surface area (Å²) in [4.78, 5) is 13.2. The molecule has 1 fully saturated rings. The van der Waals surface area contributed by atoms with Crippen LogP contribution in [0.1, 0.15) is 30.1 Å². The molecule has 1 aromatic carbocycles. The van der Waals surface area contributed by atoms with Crippen molar-refractivity contribution in [1.29, 1.82) is 0 Å². The lowest BCUT2D eigenvalue weighted by atomic mass is 9.90. The van der Waals surface area contributed by atoms with E-state index < -0.39 is 18.1 Å². The number of primary amides is 1. The zero-order chi connectivity index (χ0) is 15.4. The Hall–Kier alpha value is -1.43. The molecule has 1 aromatic rings. The second kappa shape index (κ2) is 7.02. The molecule has 0 spiro atoms. The first-order valence-electron chi connectivity index (χ1n) is 7.41. The lowest BCUT2D eigenvalue weighted by Crippen LogP contribution is -2.43. The lowest BCUT2D eigenvalue weighted by molar-refractivity contribution is -0.129. The maximum Gasteiger partial charge on any atom is 0.246 e. The third-order valence-electron chi connectivity index (χ3n) is 4.26. The number of hydrogen-bond acceptors (Lipinski definition) is 4. The summed E-state index contributed by atoms with van der Waals surface area (Å²) < 4.78 is 0. The van der Waals surface area contributed by atoms with Crippen LogP contribution in [-0.2, 0) is 4.79 Å². The van der Waals surface area contributed by atoms with Gasteiger partial charge in [-0.2, -0.15) is 0 Å². The van der Waals surface area contributed by atoms with Crippen LogP contribution in [0, 0.1) is 12.8 Å². The van der Waals surface area contributed by atoms with Crippen LogP contribution in [0.4, 0.5) is 0 Å². The fraction of sp³-hybridized carbons (Fsp3) is 0.562. The molecular weight excluding hydrogens is 268 g/mol. The SMILES string of the molecule is Cc1ccc([C@H](O)CN2CCC([C@H](O)C(N)=O)CC2)cc1. The molecule has 4 N–H and O–H groups in total. The fourth-order valence-corrected chi connectivity index (χ4v) is 2.82. The van der Waals surface area contributed by atoms with Gasteiger partial charge in [0, 0.05) is 6.54 Å². The predicted octanol–water partition coefficient (Wildman–Crippen LogP) is 0.587. The summed E-state index contributed by atoms with van der Waals surface area (Å²) >= 11 is 0. The molecule has 1 saturated heterocycles. The third-order valence-corrected chi connectivity index (χ3v) is 4.26. The van der Waals surface area contributed by atoms with Crippen molar-refractivity contribution < 1.29 is 15.0 Å². The Morgan fingerprint density at radius 2 is 1.86 bits per heavy atom. The van der Waals surface area contributed by atoms with E-state index in [4.69, 9.17) is 5.73 Å². The van der Waals surface area contributed by atoms with E-state index in [1.165, 1.54) is 5.56 Å². The number of rotatable bonds is 5. The molecule has 1 heterocycles. The van der Waals surface area contributed by atoms with E-state index in [0.717, 1.165) is 31.5 Å². The van der Waals surface area contributed by atoms with E-state index in [1.54, 1.807) is 0 Å². The standard InChI is InChI=1S/C16H24N2O3/c1-11-2-4-12(5-3-11)14(19)10-18-8-6-13(7-9-18)15(20)16(17)21/h2-5,13-15,19-20H,6-10H2,1H3,(H2,17,21)/t14-,15+/m1/s1. The highest BCUT2D eigenvalue weighted by atomic mass is 16.3. The molecule has 0 saturated carbocycles. The first-order valence-corrected chi connectivity index (χ1v) is 7.41. The molecule has 1 aliphatic rings. The highest BCUT2D eigenvalue weighted by Gasteiger charge is 2.29. The van der Waals surface area contributed by atoms with Gasteiger partial charge in [-0.25, -0.2) is 0 Å². The smallest absolute Gasteiger partial charge is 0.246 e. The van der Waals surface area contributed by atoms with Crippen molar-refractivity contribution in [2.75, 3.05) is 19.6 Å². The first-order chi connectivity index (χ1) is 9.97. The molecule has 5 nitrogen and oxygen atoms in total. The molecule has 1 aliphatic heterocycles. The number of hydrogen-bond donors (Lipinski definition) is 3. The molecule has 2 atom stereocenters. The molecular formula is C16H24N2O3. The van der Waals surface area contributed by atoms with Crippen LogP contribution in [-0.4, -0.2) is 46.8 Å². The van der Waals surface area contributed by atoms with Gasteiger partial charge in [-0.1, -0.05) is 29.8 Å². The largest absolute Gasteiger partial charge is 0.387 e. The number of benzene rings is 1. The number of likely N-dealkylation sites (tertiary alicyclic amines) is 1. The lowest BCUT2D eigenvalue weighted by Gasteiger charge is -2.34. The molecule has 21 heavy (non-hydrogen) atoms. The monoisotopic (exact) mass is 292 g/mol. The Bertz CT molecular complexity index is 467. The van der Waals surface area contributed by atoms with Crippen molar-refractivity contribution in [1.82, 2.24) is 4.90 Å². The van der Waals surface area contributed by atoms with Gasteiger partial charge in [-0.05, 0) is 44.3 Å². The molecule has 1 amide bonds. The van der Waals surface area contributed by atoms with Gasteiger partial charge in [0.15, 0.2) is 0 Å². The van der Waals surface area contributed by atoms with E-state index in [9.17, 15) is 15.0 Å². The maximum absolute atomic E-state index is 11.0. The average molecular weight is 292 g/mol. The Kier molecular flexibility index (Phi) is 5.33. The van der Waals surface area contributed by atoms with E-state index in [-0.39, 0.29) is 5.92 Å². The molecule has 116 valence electrons. The van der Waals surface area contributed by atoms with Gasteiger partial charge in [0.05, 0.1) is 6.10 Å². The number of piperidine rings is 1. The molecule has 0 unspecified atom stereocenters. The number of aliphatic hydroxyl groups excluding tert-OH is 2. The maximum atomic E-state index is 11.0. The number of nitrogens with zero attached hydrogens (tertiary/aromatic N) is 1. The Morgan fingerprint density at radius 1 is 1.29 bits per heavy atom. The summed E-state index contributed by atoms with van der Waals surface area (Å²) in [6.45, 7) is 4.11. The van der Waals surface area contributed by atoms with Gasteiger partial charge in [-0.3, -0.25) is 4.79 Å². The molecule has 0 bridgehead atoms. The second-order valence-corrected chi connectivity index (χ2v) is 5.91. The highest BCUT2D eigenvalue weighted by molar-refractivity contribution is 5.78. The number of carbonyl (C=O) groups excluding carboxylic acids is 1. The number of aryl methyl sites for hydroxylation is 1. The Balaban J connectivity index is 1.83. The topological polar surface area (TPSA) is 86.8 Å². The Labute approximate surface area is 125 Å². The third kappa shape index (κ3) is 4.27. The van der Waals surface area contributed by atoms with Gasteiger partial charge >= 0.3 is 0 Å². The van der Waals surface area contributed by atoms with Crippen molar-refractivity contribution >= 4 is 5.91 Å². The molecule has 0 aliphatic carbocycles. The van der Waals surface area contributed by atoms with Crippen LogP contribution in [0.2, 0.25) is 0 Å². The van der Waals surface area contributed by atoms with Crippen LogP contribution in [0.5, 0.6) is 0 Å². The number of amides is 1. The number of carbonyl (C=O) groups is 1. The first kappa shape index (κ1) is 15.9. The van der Waals surface area contributed by atoms with Gasteiger partial charge < -0.3 is 20.8 Å². The summed E-state index contributed by atoms with van der Waals surface area (Å²) in [5, 5.41) is 19.9. The van der Waals surface area contributed by atoms with Crippen LogP contribution in [0.15, 0.2) is 24.3 Å². The fourth-order valence-electron chi connectivity index (χ4n) is 2.82. The highest BCUT2D eigenvalue weighted by Crippen LogP contribution is 2.23. The van der Waals surface area contributed by atoms with Gasteiger partial charge in [-0.15, -0.1) is 0 Å². The molecule has 2 rings (SSSR count). The predicted molar refractivity (Wildman–Crippen MR) is 80.5 cm³/mol. The van der Waals surface area contributed by atoms with Gasteiger partial charge in [0.25, 0.3) is 0 Å². The summed E-state index contributed by atoms with van der Waals surface area (Å²) in [7, 11) is 0. The van der Waals surface area contributed by atoms with Crippen LogP contribution >= 0.6 is 0 Å². The average Bonchev–Trinajstić information content (AvgIpc) is 2.47. The zero-order valence-electron chi connectivity index (χ0n) is 12.4.